The highest BCUT2D eigenvalue weighted by molar-refractivity contribution is 7.86. The van der Waals surface area contributed by atoms with Crippen LogP contribution >= 0.6 is 11.6 Å². The van der Waals surface area contributed by atoms with Crippen molar-refractivity contribution in [2.24, 2.45) is 0 Å². The Labute approximate surface area is 117 Å². The molecule has 0 aromatic heterocycles. The van der Waals surface area contributed by atoms with Crippen LogP contribution in [0.5, 0.6) is 0 Å². The molecule has 0 N–H and O–H groups in total. The Hall–Kier alpha value is -1.11. The van der Waals surface area contributed by atoms with Crippen LogP contribution in [0.1, 0.15) is 19.4 Å². The van der Waals surface area contributed by atoms with Crippen molar-refractivity contribution in [2.45, 2.75) is 31.3 Å². The van der Waals surface area contributed by atoms with Crippen LogP contribution < -0.4 is 0 Å². The molecule has 5 nitrogen and oxygen atoms in total. The molecule has 0 aliphatic carbocycles. The molecule has 1 rings (SSSR count). The lowest BCUT2D eigenvalue weighted by molar-refractivity contribution is 0.0197. The van der Waals surface area contributed by atoms with Crippen LogP contribution in [0.2, 0.25) is 0 Å². The number of rotatable bonds is 5. The second-order valence-corrected chi connectivity index (χ2v) is 6.55. The van der Waals surface area contributed by atoms with E-state index in [0.29, 0.717) is 0 Å². The van der Waals surface area contributed by atoms with E-state index in [2.05, 4.69) is 0 Å². The molecule has 0 saturated carbocycles. The third-order valence-electron chi connectivity index (χ3n) is 2.23. The van der Waals surface area contributed by atoms with Gasteiger partial charge in [0, 0.05) is 11.6 Å². The van der Waals surface area contributed by atoms with E-state index in [-0.39, 0.29) is 11.5 Å². The van der Waals surface area contributed by atoms with Gasteiger partial charge < -0.3 is 4.74 Å². The fourth-order valence-electron chi connectivity index (χ4n) is 1.24. The topological polar surface area (TPSA) is 69.7 Å². The quantitative estimate of drug-likeness (QED) is 0.618. The molecule has 1 aromatic rings. The van der Waals surface area contributed by atoms with Gasteiger partial charge in [0.15, 0.2) is 0 Å². The highest BCUT2D eigenvalue weighted by atomic mass is 35.5. The number of hydrogen-bond acceptors (Lipinski definition) is 5. The Morgan fingerprint density at radius 2 is 1.79 bits per heavy atom. The molecule has 0 spiro atoms. The lowest BCUT2D eigenvalue weighted by Gasteiger charge is -2.22. The van der Waals surface area contributed by atoms with E-state index in [9.17, 15) is 13.2 Å². The predicted octanol–water partition coefficient (Wildman–Crippen LogP) is 2.85. The second-order valence-electron chi connectivity index (χ2n) is 4.63. The molecule has 0 amide bonds. The number of benzene rings is 1. The first-order chi connectivity index (χ1) is 8.62. The number of halogens is 1. The smallest absolute Gasteiger partial charge is 0.404 e. The molecule has 0 fully saturated rings. The Balaban J connectivity index is 2.76. The van der Waals surface area contributed by atoms with Crippen LogP contribution in [-0.4, -0.2) is 26.1 Å². The van der Waals surface area contributed by atoms with Gasteiger partial charge in [0.05, 0.1) is 4.90 Å². The lowest BCUT2D eigenvalue weighted by Crippen LogP contribution is -2.33. The highest BCUT2D eigenvalue weighted by Crippen LogP contribution is 2.18. The first-order valence-corrected chi connectivity index (χ1v) is 7.26. The summed E-state index contributed by atoms with van der Waals surface area (Å²) in [7, 11) is -3.88. The van der Waals surface area contributed by atoms with E-state index >= 15 is 0 Å². The number of ether oxygens (including phenoxy) is 1. The minimum atomic E-state index is -3.88. The zero-order valence-corrected chi connectivity index (χ0v) is 12.4. The normalized spacial score (nSPS) is 12.2. The SMILES string of the molecule is Cc1ccc(S(=O)(=O)OCC(C)(C)OC(=O)Cl)cc1. The van der Waals surface area contributed by atoms with Gasteiger partial charge >= 0.3 is 5.43 Å². The summed E-state index contributed by atoms with van der Waals surface area (Å²) in [6.45, 7) is 4.53. The molecule has 1 aromatic carbocycles. The van der Waals surface area contributed by atoms with E-state index in [1.165, 1.54) is 26.0 Å². The summed E-state index contributed by atoms with van der Waals surface area (Å²) >= 11 is 5.08. The van der Waals surface area contributed by atoms with Gasteiger partial charge in [0.2, 0.25) is 0 Å². The average Bonchev–Trinajstić information content (AvgIpc) is 2.26. The van der Waals surface area contributed by atoms with Crippen molar-refractivity contribution in [2.75, 3.05) is 6.61 Å². The summed E-state index contributed by atoms with van der Waals surface area (Å²) in [5.41, 5.74) is -1.20. The van der Waals surface area contributed by atoms with E-state index in [1.807, 2.05) is 6.92 Å². The summed E-state index contributed by atoms with van der Waals surface area (Å²) in [4.78, 5) is 10.7. The van der Waals surface area contributed by atoms with Crippen LogP contribution in [0, 0.1) is 6.92 Å². The van der Waals surface area contributed by atoms with Crippen molar-refractivity contribution >= 4 is 27.1 Å². The minimum absolute atomic E-state index is 0.0473. The van der Waals surface area contributed by atoms with Crippen molar-refractivity contribution in [3.05, 3.63) is 29.8 Å². The molecule has 0 aliphatic rings. The molecular formula is C12H15ClO5S. The maximum absolute atomic E-state index is 11.9. The fourth-order valence-corrected chi connectivity index (χ4v) is 2.49. The molecule has 0 atom stereocenters. The standard InChI is InChI=1S/C12H15ClO5S/c1-9-4-6-10(7-5-9)19(15,16)17-8-12(2,3)18-11(13)14/h4-7H,8H2,1-3H3. The summed E-state index contributed by atoms with van der Waals surface area (Å²) in [5, 5.41) is 0. The van der Waals surface area contributed by atoms with Crippen LogP contribution in [0.3, 0.4) is 0 Å². The average molecular weight is 307 g/mol. The third-order valence-corrected chi connectivity index (χ3v) is 3.58. The fraction of sp³-hybridized carbons (Fsp3) is 0.417. The zero-order valence-electron chi connectivity index (χ0n) is 10.8. The number of carbonyl (C=O) groups is 1. The van der Waals surface area contributed by atoms with Gasteiger partial charge in [-0.1, -0.05) is 17.7 Å². The van der Waals surface area contributed by atoms with Gasteiger partial charge in [-0.25, -0.2) is 4.79 Å². The summed E-state index contributed by atoms with van der Waals surface area (Å²) in [5.74, 6) is 0. The van der Waals surface area contributed by atoms with Crippen LogP contribution in [-0.2, 0) is 19.0 Å². The van der Waals surface area contributed by atoms with Crippen molar-refractivity contribution in [1.82, 2.24) is 0 Å². The molecule has 0 heterocycles. The molecule has 0 bridgehead atoms. The first-order valence-electron chi connectivity index (χ1n) is 5.47. The highest BCUT2D eigenvalue weighted by Gasteiger charge is 2.26. The largest absolute Gasteiger partial charge is 0.445 e. The van der Waals surface area contributed by atoms with Crippen molar-refractivity contribution in [1.29, 1.82) is 0 Å². The lowest BCUT2D eigenvalue weighted by atomic mass is 10.2. The van der Waals surface area contributed by atoms with Crippen LogP contribution in [0.25, 0.3) is 0 Å². The van der Waals surface area contributed by atoms with E-state index in [0.717, 1.165) is 5.56 Å². The monoisotopic (exact) mass is 306 g/mol. The zero-order chi connectivity index (χ0) is 14.7. The molecule has 7 heteroatoms. The summed E-state index contributed by atoms with van der Waals surface area (Å²) in [6.07, 6.45) is 0. The minimum Gasteiger partial charge on any atom is -0.445 e. The molecule has 0 unspecified atom stereocenters. The Bertz CT molecular complexity index is 548. The van der Waals surface area contributed by atoms with E-state index in [1.54, 1.807) is 12.1 Å². The molecule has 0 aliphatic heterocycles. The molecular weight excluding hydrogens is 292 g/mol. The maximum Gasteiger partial charge on any atom is 0.404 e. The van der Waals surface area contributed by atoms with Gasteiger partial charge in [0.25, 0.3) is 10.1 Å². The molecule has 0 radical (unpaired) electrons. The number of carbonyl (C=O) groups excluding carboxylic acids is 1. The second kappa shape index (κ2) is 5.90. The van der Waals surface area contributed by atoms with E-state index < -0.39 is 21.1 Å². The Morgan fingerprint density at radius 3 is 2.26 bits per heavy atom. The van der Waals surface area contributed by atoms with E-state index in [4.69, 9.17) is 20.5 Å². The predicted molar refractivity (Wildman–Crippen MR) is 70.7 cm³/mol. The number of aryl methyl sites for hydroxylation is 1. The summed E-state index contributed by atoms with van der Waals surface area (Å²) in [6, 6.07) is 6.23. The molecule has 19 heavy (non-hydrogen) atoms. The first kappa shape index (κ1) is 15.9. The van der Waals surface area contributed by atoms with Crippen molar-refractivity contribution in [3.63, 3.8) is 0 Å². The van der Waals surface area contributed by atoms with Gasteiger partial charge in [-0.2, -0.15) is 8.42 Å². The third kappa shape index (κ3) is 5.18. The van der Waals surface area contributed by atoms with Crippen LogP contribution in [0.15, 0.2) is 29.2 Å². The summed E-state index contributed by atoms with van der Waals surface area (Å²) < 4.78 is 33.3. The van der Waals surface area contributed by atoms with Crippen LogP contribution in [0.4, 0.5) is 4.79 Å². The maximum atomic E-state index is 11.9. The van der Waals surface area contributed by atoms with Crippen molar-refractivity contribution in [3.8, 4) is 0 Å². The molecule has 106 valence electrons. The van der Waals surface area contributed by atoms with Crippen molar-refractivity contribution < 1.29 is 22.1 Å². The Morgan fingerprint density at radius 1 is 1.26 bits per heavy atom. The van der Waals surface area contributed by atoms with Gasteiger partial charge in [-0.15, -0.1) is 0 Å². The van der Waals surface area contributed by atoms with Gasteiger partial charge in [-0.3, -0.25) is 4.18 Å². The molecule has 0 saturated heterocycles. The van der Waals surface area contributed by atoms with Gasteiger partial charge in [0.1, 0.15) is 12.2 Å². The Kier molecular flexibility index (Phi) is 4.95. The number of hydrogen-bond donors (Lipinski definition) is 0. The van der Waals surface area contributed by atoms with Gasteiger partial charge in [-0.05, 0) is 32.9 Å².